The zero-order valence-electron chi connectivity index (χ0n) is 13.2. The van der Waals surface area contributed by atoms with Crippen LogP contribution in [0.25, 0.3) is 0 Å². The highest BCUT2D eigenvalue weighted by Gasteiger charge is 2.34. The van der Waals surface area contributed by atoms with E-state index in [1.165, 1.54) is 0 Å². The summed E-state index contributed by atoms with van der Waals surface area (Å²) in [5, 5.41) is 9.06. The number of carboxylic acids is 1. The Labute approximate surface area is 125 Å². The molecule has 0 saturated heterocycles. The van der Waals surface area contributed by atoms with Crippen molar-refractivity contribution >= 4 is 5.97 Å². The molecule has 0 bridgehead atoms. The number of aromatic nitrogens is 2. The molecule has 116 valence electrons. The van der Waals surface area contributed by atoms with Crippen molar-refractivity contribution in [3.8, 4) is 0 Å². The first-order valence-corrected chi connectivity index (χ1v) is 7.67. The van der Waals surface area contributed by atoms with E-state index < -0.39 is 5.97 Å². The maximum Gasteiger partial charge on any atom is 0.348 e. The Bertz CT molecular complexity index is 606. The minimum atomic E-state index is -0.890. The third-order valence-corrected chi connectivity index (χ3v) is 5.07. The van der Waals surface area contributed by atoms with Gasteiger partial charge >= 0.3 is 11.7 Å². The summed E-state index contributed by atoms with van der Waals surface area (Å²) in [6.45, 7) is 7.93. The Balaban J connectivity index is 2.49. The molecule has 5 heteroatoms. The van der Waals surface area contributed by atoms with E-state index in [9.17, 15) is 9.59 Å². The van der Waals surface area contributed by atoms with Crippen LogP contribution in [0.4, 0.5) is 0 Å². The van der Waals surface area contributed by atoms with Crippen molar-refractivity contribution in [1.82, 2.24) is 9.55 Å². The van der Waals surface area contributed by atoms with Gasteiger partial charge in [-0.05, 0) is 38.5 Å². The lowest BCUT2D eigenvalue weighted by molar-refractivity contribution is -0.136. The van der Waals surface area contributed by atoms with Crippen LogP contribution in [-0.4, -0.2) is 20.6 Å². The maximum atomic E-state index is 12.3. The molecule has 1 fully saturated rings. The fraction of sp³-hybridized carbons (Fsp3) is 0.688. The van der Waals surface area contributed by atoms with E-state index in [1.807, 2.05) is 6.92 Å². The molecule has 1 aromatic rings. The van der Waals surface area contributed by atoms with Crippen molar-refractivity contribution in [2.24, 2.45) is 11.8 Å². The highest BCUT2D eigenvalue weighted by molar-refractivity contribution is 5.70. The molecule has 21 heavy (non-hydrogen) atoms. The summed E-state index contributed by atoms with van der Waals surface area (Å²) in [7, 11) is 0. The van der Waals surface area contributed by atoms with Gasteiger partial charge in [-0.2, -0.15) is 4.98 Å². The van der Waals surface area contributed by atoms with E-state index in [0.29, 0.717) is 23.1 Å². The van der Waals surface area contributed by atoms with Crippen LogP contribution in [0, 0.1) is 25.7 Å². The van der Waals surface area contributed by atoms with Gasteiger partial charge in [-0.3, -0.25) is 9.36 Å². The highest BCUT2D eigenvalue weighted by Crippen LogP contribution is 2.41. The SMILES string of the molecule is CCC1CCC(n2c(C)c(CC(=O)O)c(C)nc2=O)C1C. The summed E-state index contributed by atoms with van der Waals surface area (Å²) in [4.78, 5) is 27.4. The predicted octanol–water partition coefficient (Wildman–Crippen LogP) is 2.48. The van der Waals surface area contributed by atoms with Crippen LogP contribution in [0.1, 0.15) is 56.1 Å². The van der Waals surface area contributed by atoms with Crippen LogP contribution < -0.4 is 5.69 Å². The smallest absolute Gasteiger partial charge is 0.348 e. The van der Waals surface area contributed by atoms with Crippen LogP contribution in [0.2, 0.25) is 0 Å². The van der Waals surface area contributed by atoms with Crippen LogP contribution in [0.3, 0.4) is 0 Å². The van der Waals surface area contributed by atoms with E-state index in [-0.39, 0.29) is 18.2 Å². The molecule has 3 unspecified atom stereocenters. The first kappa shape index (κ1) is 15.7. The molecule has 1 aromatic heterocycles. The number of carbonyl (C=O) groups is 1. The lowest BCUT2D eigenvalue weighted by Crippen LogP contribution is -2.33. The quantitative estimate of drug-likeness (QED) is 0.925. The van der Waals surface area contributed by atoms with E-state index in [0.717, 1.165) is 25.0 Å². The third-order valence-electron chi connectivity index (χ3n) is 5.07. The lowest BCUT2D eigenvalue weighted by atomic mass is 9.93. The zero-order valence-corrected chi connectivity index (χ0v) is 13.2. The van der Waals surface area contributed by atoms with E-state index in [4.69, 9.17) is 5.11 Å². The van der Waals surface area contributed by atoms with Gasteiger partial charge < -0.3 is 5.11 Å². The Morgan fingerprint density at radius 3 is 2.57 bits per heavy atom. The molecule has 1 N–H and O–H groups in total. The van der Waals surface area contributed by atoms with Gasteiger partial charge in [0.25, 0.3) is 0 Å². The topological polar surface area (TPSA) is 72.2 Å². The van der Waals surface area contributed by atoms with E-state index in [2.05, 4.69) is 18.8 Å². The summed E-state index contributed by atoms with van der Waals surface area (Å²) < 4.78 is 1.74. The van der Waals surface area contributed by atoms with Crippen molar-refractivity contribution in [3.05, 3.63) is 27.4 Å². The van der Waals surface area contributed by atoms with E-state index in [1.54, 1.807) is 11.5 Å². The Morgan fingerprint density at radius 2 is 2.05 bits per heavy atom. The molecule has 3 atom stereocenters. The fourth-order valence-electron chi connectivity index (χ4n) is 3.78. The minimum absolute atomic E-state index is 0.0801. The first-order chi connectivity index (χ1) is 9.86. The average Bonchev–Trinajstić information content (AvgIpc) is 2.76. The number of carboxylic acid groups (broad SMARTS) is 1. The van der Waals surface area contributed by atoms with Crippen molar-refractivity contribution in [2.45, 2.75) is 59.4 Å². The summed E-state index contributed by atoms with van der Waals surface area (Å²) in [6.07, 6.45) is 3.13. The molecular formula is C16H24N2O3. The Morgan fingerprint density at radius 1 is 1.38 bits per heavy atom. The van der Waals surface area contributed by atoms with Crippen molar-refractivity contribution in [3.63, 3.8) is 0 Å². The molecule has 5 nitrogen and oxygen atoms in total. The van der Waals surface area contributed by atoms with Gasteiger partial charge in [-0.25, -0.2) is 4.79 Å². The van der Waals surface area contributed by atoms with Crippen LogP contribution in [0.5, 0.6) is 0 Å². The molecule has 0 spiro atoms. The van der Waals surface area contributed by atoms with Gasteiger partial charge in [0, 0.05) is 23.0 Å². The third kappa shape index (κ3) is 2.87. The number of hydrogen-bond donors (Lipinski definition) is 1. The van der Waals surface area contributed by atoms with Gasteiger partial charge in [0.1, 0.15) is 0 Å². The average molecular weight is 292 g/mol. The summed E-state index contributed by atoms with van der Waals surface area (Å²) in [5.41, 5.74) is 1.74. The van der Waals surface area contributed by atoms with Crippen molar-refractivity contribution < 1.29 is 9.90 Å². The van der Waals surface area contributed by atoms with Gasteiger partial charge in [0.15, 0.2) is 0 Å². The second-order valence-corrected chi connectivity index (χ2v) is 6.16. The number of aliphatic carboxylic acids is 1. The number of aryl methyl sites for hydroxylation is 1. The molecule has 0 aliphatic heterocycles. The second-order valence-electron chi connectivity index (χ2n) is 6.16. The van der Waals surface area contributed by atoms with Crippen LogP contribution in [0.15, 0.2) is 4.79 Å². The normalized spacial score (nSPS) is 25.2. The molecule has 0 aromatic carbocycles. The molecular weight excluding hydrogens is 268 g/mol. The van der Waals surface area contributed by atoms with Gasteiger partial charge in [-0.15, -0.1) is 0 Å². The molecule has 2 rings (SSSR count). The second kappa shape index (κ2) is 6.00. The van der Waals surface area contributed by atoms with Crippen LogP contribution in [-0.2, 0) is 11.2 Å². The first-order valence-electron chi connectivity index (χ1n) is 7.67. The molecule has 1 heterocycles. The molecule has 1 saturated carbocycles. The Kier molecular flexibility index (Phi) is 4.49. The number of hydrogen-bond acceptors (Lipinski definition) is 3. The van der Waals surface area contributed by atoms with Crippen molar-refractivity contribution in [1.29, 1.82) is 0 Å². The number of nitrogens with zero attached hydrogens (tertiary/aromatic N) is 2. The van der Waals surface area contributed by atoms with Gasteiger partial charge in [0.2, 0.25) is 0 Å². The zero-order chi connectivity index (χ0) is 15.7. The van der Waals surface area contributed by atoms with Crippen LogP contribution >= 0.6 is 0 Å². The maximum absolute atomic E-state index is 12.3. The predicted molar refractivity (Wildman–Crippen MR) is 80.5 cm³/mol. The fourth-order valence-corrected chi connectivity index (χ4v) is 3.78. The van der Waals surface area contributed by atoms with Gasteiger partial charge in [0.05, 0.1) is 6.42 Å². The lowest BCUT2D eigenvalue weighted by Gasteiger charge is -2.25. The Hall–Kier alpha value is -1.65. The molecule has 0 amide bonds. The number of rotatable bonds is 4. The standard InChI is InChI=1S/C16H24N2O3/c1-5-12-6-7-14(9(12)2)18-11(4)13(8-15(19)20)10(3)17-16(18)21/h9,12,14H,5-8H2,1-4H3,(H,19,20). The highest BCUT2D eigenvalue weighted by atomic mass is 16.4. The van der Waals surface area contributed by atoms with Gasteiger partial charge in [-0.1, -0.05) is 20.3 Å². The monoisotopic (exact) mass is 292 g/mol. The minimum Gasteiger partial charge on any atom is -0.481 e. The van der Waals surface area contributed by atoms with E-state index >= 15 is 0 Å². The summed E-state index contributed by atoms with van der Waals surface area (Å²) >= 11 is 0. The summed E-state index contributed by atoms with van der Waals surface area (Å²) in [6, 6.07) is 0.142. The summed E-state index contributed by atoms with van der Waals surface area (Å²) in [5.74, 6) is 0.165. The molecule has 1 aliphatic carbocycles. The van der Waals surface area contributed by atoms with Crippen molar-refractivity contribution in [2.75, 3.05) is 0 Å². The molecule has 0 radical (unpaired) electrons. The largest absolute Gasteiger partial charge is 0.481 e. The molecule has 1 aliphatic rings.